The van der Waals surface area contributed by atoms with E-state index in [0.717, 1.165) is 23.2 Å². The molecule has 2 heterocycles. The smallest absolute Gasteiger partial charge is 0.254 e. The zero-order chi connectivity index (χ0) is 24.5. The van der Waals surface area contributed by atoms with Crippen LogP contribution in [0.2, 0.25) is 0 Å². The number of fused-ring (bicyclic) bond motifs is 3. The maximum absolute atomic E-state index is 14.0. The summed E-state index contributed by atoms with van der Waals surface area (Å²) < 4.78 is 16.5. The molecule has 0 aliphatic carbocycles. The molecule has 3 aromatic carbocycles. The Morgan fingerprint density at radius 2 is 1.66 bits per heavy atom. The Morgan fingerprint density at radius 3 is 2.29 bits per heavy atom. The Balaban J connectivity index is 1.64. The summed E-state index contributed by atoms with van der Waals surface area (Å²) in [5, 5.41) is 1.22. The molecule has 0 saturated heterocycles. The molecule has 1 atom stereocenters. The number of para-hydroxylation sites is 1. The predicted octanol–water partition coefficient (Wildman–Crippen LogP) is 5.70. The van der Waals surface area contributed by atoms with Gasteiger partial charge in [-0.15, -0.1) is 11.8 Å². The van der Waals surface area contributed by atoms with Gasteiger partial charge in [0.25, 0.3) is 5.91 Å². The largest absolute Gasteiger partial charge is 0.493 e. The number of carbonyl (C=O) groups is 1. The van der Waals surface area contributed by atoms with E-state index in [-0.39, 0.29) is 11.9 Å². The highest BCUT2D eigenvalue weighted by Gasteiger charge is 2.35. The molecule has 5 rings (SSSR count). The number of amides is 1. The molecule has 4 aromatic rings. The summed E-state index contributed by atoms with van der Waals surface area (Å²) in [6.07, 6.45) is 2.83. The number of nitrogens with one attached hydrogen (secondary N) is 1. The number of methoxy groups -OCH3 is 3. The van der Waals surface area contributed by atoms with Crippen molar-refractivity contribution in [1.82, 2.24) is 9.88 Å². The Kier molecular flexibility index (Phi) is 6.34. The standard InChI is InChI=1S/C28H28N2O4S/c1-32-23-15-18(16-24(33-2)27(23)34-3)28(31)30-14-13-21-20-7-5-6-8-22(20)29-25(21)26(30)17-9-11-19(35-4)12-10-17/h5-12,15-16,26,29H,13-14H2,1-4H3/t26-/m1/s1. The van der Waals surface area contributed by atoms with E-state index in [1.807, 2.05) is 11.0 Å². The molecular formula is C28H28N2O4S. The number of rotatable bonds is 6. The lowest BCUT2D eigenvalue weighted by Crippen LogP contribution is -2.40. The van der Waals surface area contributed by atoms with Crippen LogP contribution in [0.3, 0.4) is 0 Å². The van der Waals surface area contributed by atoms with Gasteiger partial charge in [-0.1, -0.05) is 30.3 Å². The van der Waals surface area contributed by atoms with Crippen molar-refractivity contribution in [2.45, 2.75) is 17.4 Å². The van der Waals surface area contributed by atoms with Crippen LogP contribution < -0.4 is 14.2 Å². The van der Waals surface area contributed by atoms with Crippen LogP contribution in [-0.2, 0) is 6.42 Å². The Morgan fingerprint density at radius 1 is 0.971 bits per heavy atom. The molecule has 0 radical (unpaired) electrons. The van der Waals surface area contributed by atoms with Gasteiger partial charge in [-0.2, -0.15) is 0 Å². The Labute approximate surface area is 209 Å². The van der Waals surface area contributed by atoms with Crippen molar-refractivity contribution in [1.29, 1.82) is 0 Å². The molecule has 0 fully saturated rings. The minimum atomic E-state index is -0.242. The first-order valence-electron chi connectivity index (χ1n) is 11.4. The molecule has 0 saturated carbocycles. The van der Waals surface area contributed by atoms with Crippen molar-refractivity contribution in [2.75, 3.05) is 34.1 Å². The Bertz CT molecular complexity index is 1350. The molecule has 0 spiro atoms. The van der Waals surface area contributed by atoms with Gasteiger partial charge in [-0.3, -0.25) is 4.79 Å². The van der Waals surface area contributed by atoms with Gasteiger partial charge in [-0.05, 0) is 54.1 Å². The summed E-state index contributed by atoms with van der Waals surface area (Å²) in [5.41, 5.74) is 4.98. The quantitative estimate of drug-likeness (QED) is 0.353. The fraction of sp³-hybridized carbons (Fsp3) is 0.250. The molecule has 180 valence electrons. The third kappa shape index (κ3) is 4.00. The second-order valence-electron chi connectivity index (χ2n) is 8.40. The summed E-state index contributed by atoms with van der Waals surface area (Å²) in [6, 6.07) is 20.0. The molecular weight excluding hydrogens is 460 g/mol. The number of H-pyrrole nitrogens is 1. The van der Waals surface area contributed by atoms with Gasteiger partial charge in [0.05, 0.1) is 27.4 Å². The lowest BCUT2D eigenvalue weighted by atomic mass is 9.91. The van der Waals surface area contributed by atoms with E-state index in [1.54, 1.807) is 45.2 Å². The van der Waals surface area contributed by atoms with E-state index in [0.29, 0.717) is 29.4 Å². The van der Waals surface area contributed by atoms with Crippen molar-refractivity contribution in [3.63, 3.8) is 0 Å². The number of carbonyl (C=O) groups excluding carboxylic acids is 1. The third-order valence-electron chi connectivity index (χ3n) is 6.64. The molecule has 35 heavy (non-hydrogen) atoms. The van der Waals surface area contributed by atoms with E-state index in [2.05, 4.69) is 53.7 Å². The first kappa shape index (κ1) is 23.2. The van der Waals surface area contributed by atoms with Crippen molar-refractivity contribution in [3.05, 3.63) is 83.0 Å². The van der Waals surface area contributed by atoms with E-state index < -0.39 is 0 Å². The maximum Gasteiger partial charge on any atom is 0.254 e. The van der Waals surface area contributed by atoms with E-state index >= 15 is 0 Å². The van der Waals surface area contributed by atoms with Crippen LogP contribution in [0.4, 0.5) is 0 Å². The number of aromatic amines is 1. The molecule has 1 aliphatic heterocycles. The second-order valence-corrected chi connectivity index (χ2v) is 9.28. The number of aromatic nitrogens is 1. The van der Waals surface area contributed by atoms with Crippen LogP contribution in [-0.4, -0.2) is 49.9 Å². The lowest BCUT2D eigenvalue weighted by Gasteiger charge is -2.36. The van der Waals surface area contributed by atoms with Crippen LogP contribution in [0, 0.1) is 0 Å². The molecule has 1 amide bonds. The van der Waals surface area contributed by atoms with E-state index in [4.69, 9.17) is 14.2 Å². The van der Waals surface area contributed by atoms with Crippen molar-refractivity contribution >= 4 is 28.6 Å². The molecule has 6 nitrogen and oxygen atoms in total. The minimum absolute atomic E-state index is 0.0903. The number of thioether (sulfide) groups is 1. The van der Waals surface area contributed by atoms with Gasteiger partial charge in [0.2, 0.25) is 5.75 Å². The molecule has 1 aliphatic rings. The number of hydrogen-bond acceptors (Lipinski definition) is 5. The van der Waals surface area contributed by atoms with Crippen molar-refractivity contribution < 1.29 is 19.0 Å². The number of benzene rings is 3. The third-order valence-corrected chi connectivity index (χ3v) is 7.38. The van der Waals surface area contributed by atoms with Gasteiger partial charge in [0, 0.05) is 33.6 Å². The minimum Gasteiger partial charge on any atom is -0.493 e. The second kappa shape index (κ2) is 9.58. The number of nitrogens with zero attached hydrogens (tertiary/aromatic N) is 1. The molecule has 0 unspecified atom stereocenters. The first-order chi connectivity index (χ1) is 17.1. The summed E-state index contributed by atoms with van der Waals surface area (Å²) in [7, 11) is 4.66. The summed E-state index contributed by atoms with van der Waals surface area (Å²) in [5.74, 6) is 1.29. The molecule has 0 bridgehead atoms. The first-order valence-corrected chi connectivity index (χ1v) is 12.7. The van der Waals surface area contributed by atoms with E-state index in [9.17, 15) is 4.79 Å². The van der Waals surface area contributed by atoms with Crippen molar-refractivity contribution in [2.24, 2.45) is 0 Å². The van der Waals surface area contributed by atoms with Crippen LogP contribution in [0.25, 0.3) is 10.9 Å². The Hall–Kier alpha value is -3.58. The van der Waals surface area contributed by atoms with Crippen LogP contribution in [0.15, 0.2) is 65.6 Å². The highest BCUT2D eigenvalue weighted by Crippen LogP contribution is 2.42. The van der Waals surface area contributed by atoms with Crippen LogP contribution in [0.1, 0.15) is 33.2 Å². The van der Waals surface area contributed by atoms with E-state index in [1.165, 1.54) is 15.8 Å². The zero-order valence-corrected chi connectivity index (χ0v) is 21.1. The maximum atomic E-state index is 14.0. The van der Waals surface area contributed by atoms with Gasteiger partial charge in [0.15, 0.2) is 11.5 Å². The number of hydrogen-bond donors (Lipinski definition) is 1. The molecule has 1 aromatic heterocycles. The fourth-order valence-corrected chi connectivity index (χ4v) is 5.37. The van der Waals surface area contributed by atoms with Gasteiger partial charge in [-0.25, -0.2) is 0 Å². The monoisotopic (exact) mass is 488 g/mol. The summed E-state index contributed by atoms with van der Waals surface area (Å²) >= 11 is 1.70. The summed E-state index contributed by atoms with van der Waals surface area (Å²) in [4.78, 5) is 20.8. The van der Waals surface area contributed by atoms with Crippen molar-refractivity contribution in [3.8, 4) is 17.2 Å². The topological polar surface area (TPSA) is 63.8 Å². The molecule has 1 N–H and O–H groups in total. The number of ether oxygens (including phenoxy) is 3. The van der Waals surface area contributed by atoms with Gasteiger partial charge in [0.1, 0.15) is 0 Å². The van der Waals surface area contributed by atoms with Crippen LogP contribution >= 0.6 is 11.8 Å². The predicted molar refractivity (Wildman–Crippen MR) is 139 cm³/mol. The average molecular weight is 489 g/mol. The van der Waals surface area contributed by atoms with Gasteiger partial charge < -0.3 is 24.1 Å². The SMILES string of the molecule is COc1cc(C(=O)N2CCc3c([nH]c4ccccc34)[C@H]2c2ccc(SC)cc2)cc(OC)c1OC. The lowest BCUT2D eigenvalue weighted by molar-refractivity contribution is 0.0691. The molecule has 7 heteroatoms. The highest BCUT2D eigenvalue weighted by molar-refractivity contribution is 7.98. The average Bonchev–Trinajstić information content (AvgIpc) is 3.30. The van der Waals surface area contributed by atoms with Crippen LogP contribution in [0.5, 0.6) is 17.2 Å². The van der Waals surface area contributed by atoms with Gasteiger partial charge >= 0.3 is 0 Å². The highest BCUT2D eigenvalue weighted by atomic mass is 32.2. The zero-order valence-electron chi connectivity index (χ0n) is 20.3. The summed E-state index contributed by atoms with van der Waals surface area (Å²) in [6.45, 7) is 0.597. The fourth-order valence-electron chi connectivity index (χ4n) is 4.96. The normalized spacial score (nSPS) is 15.1.